The predicted octanol–water partition coefficient (Wildman–Crippen LogP) is 5.28. The molecule has 5 heteroatoms. The number of hydrogen-bond donors (Lipinski definition) is 1. The molecular weight excluding hydrogens is 385 g/mol. The van der Waals surface area contributed by atoms with Crippen LogP contribution < -0.4 is 5.73 Å². The third kappa shape index (κ3) is 2.93. The highest BCUT2D eigenvalue weighted by Crippen LogP contribution is 2.37. The van der Waals surface area contributed by atoms with Crippen molar-refractivity contribution in [2.75, 3.05) is 0 Å². The van der Waals surface area contributed by atoms with Gasteiger partial charge in [0.25, 0.3) is 0 Å². The fraction of sp³-hybridized carbons (Fsp3) is 0.167. The fourth-order valence-corrected chi connectivity index (χ4v) is 4.67. The van der Waals surface area contributed by atoms with Crippen molar-refractivity contribution in [3.05, 3.63) is 53.6 Å². The molecule has 0 spiro atoms. The van der Waals surface area contributed by atoms with Crippen LogP contribution in [-0.2, 0) is 0 Å². The summed E-state index contributed by atoms with van der Waals surface area (Å²) in [5, 5.41) is 0.753. The Morgan fingerprint density at radius 2 is 2.00 bits per heavy atom. The molecule has 1 nitrogen and oxygen atoms in total. The molecule has 0 amide bonds. The van der Waals surface area contributed by atoms with Crippen LogP contribution in [0.3, 0.4) is 0 Å². The van der Waals surface area contributed by atoms with Gasteiger partial charge in [-0.05, 0) is 67.6 Å². The molecule has 0 aliphatic rings. The molecule has 0 radical (unpaired) electrons. The largest absolute Gasteiger partial charge is 0.320 e. The Morgan fingerprint density at radius 1 is 1.29 bits per heavy atom. The third-order valence-electron chi connectivity index (χ3n) is 2.57. The Bertz CT molecular complexity index is 553. The Balaban J connectivity index is 2.40. The summed E-state index contributed by atoms with van der Waals surface area (Å²) in [5.74, 6) is 0. The van der Waals surface area contributed by atoms with E-state index in [1.807, 2.05) is 31.2 Å². The minimum Gasteiger partial charge on any atom is -0.320 e. The van der Waals surface area contributed by atoms with E-state index < -0.39 is 0 Å². The zero-order valence-corrected chi connectivity index (χ0v) is 13.8. The van der Waals surface area contributed by atoms with E-state index in [1.165, 1.54) is 0 Å². The van der Waals surface area contributed by atoms with Crippen LogP contribution in [0.5, 0.6) is 0 Å². The minimum atomic E-state index is -0.162. The zero-order chi connectivity index (χ0) is 12.6. The average Bonchev–Trinajstić information content (AvgIpc) is 2.61. The summed E-state index contributed by atoms with van der Waals surface area (Å²) in [6.45, 7) is 1.98. The van der Waals surface area contributed by atoms with E-state index in [1.54, 1.807) is 11.3 Å². The SMILES string of the molecule is Cc1ccc(C(N)c2cc(Br)sc2Br)cc1Cl. The lowest BCUT2D eigenvalue weighted by atomic mass is 10.0. The van der Waals surface area contributed by atoms with Crippen molar-refractivity contribution in [2.45, 2.75) is 13.0 Å². The lowest BCUT2D eigenvalue weighted by Gasteiger charge is -2.12. The number of benzene rings is 1. The molecule has 2 rings (SSSR count). The summed E-state index contributed by atoms with van der Waals surface area (Å²) in [7, 11) is 0. The molecule has 1 aromatic heterocycles. The van der Waals surface area contributed by atoms with Crippen molar-refractivity contribution in [1.29, 1.82) is 0 Å². The van der Waals surface area contributed by atoms with Gasteiger partial charge in [0.05, 0.1) is 13.6 Å². The highest BCUT2D eigenvalue weighted by Gasteiger charge is 2.15. The van der Waals surface area contributed by atoms with E-state index in [-0.39, 0.29) is 6.04 Å². The van der Waals surface area contributed by atoms with Crippen molar-refractivity contribution in [2.24, 2.45) is 5.73 Å². The van der Waals surface area contributed by atoms with Crippen LogP contribution in [0.25, 0.3) is 0 Å². The van der Waals surface area contributed by atoms with Crippen LogP contribution in [-0.4, -0.2) is 0 Å². The second-order valence-corrected chi connectivity index (χ2v) is 7.92. The fourth-order valence-electron chi connectivity index (χ4n) is 1.55. The van der Waals surface area contributed by atoms with Gasteiger partial charge in [0.15, 0.2) is 0 Å². The van der Waals surface area contributed by atoms with Gasteiger partial charge in [-0.3, -0.25) is 0 Å². The van der Waals surface area contributed by atoms with Crippen molar-refractivity contribution in [1.82, 2.24) is 0 Å². The maximum absolute atomic E-state index is 6.25. The minimum absolute atomic E-state index is 0.162. The molecule has 0 aliphatic carbocycles. The highest BCUT2D eigenvalue weighted by molar-refractivity contribution is 9.12. The maximum Gasteiger partial charge on any atom is 0.0761 e. The van der Waals surface area contributed by atoms with Gasteiger partial charge in [-0.1, -0.05) is 23.7 Å². The van der Waals surface area contributed by atoms with Crippen molar-refractivity contribution >= 4 is 54.8 Å². The highest BCUT2D eigenvalue weighted by atomic mass is 79.9. The van der Waals surface area contributed by atoms with Gasteiger partial charge in [0, 0.05) is 5.02 Å². The van der Waals surface area contributed by atoms with E-state index in [0.29, 0.717) is 0 Å². The first-order chi connectivity index (χ1) is 7.99. The van der Waals surface area contributed by atoms with Gasteiger partial charge in [0.2, 0.25) is 0 Å². The molecule has 0 fully saturated rings. The zero-order valence-electron chi connectivity index (χ0n) is 9.01. The van der Waals surface area contributed by atoms with Crippen LogP contribution in [0.2, 0.25) is 5.02 Å². The normalized spacial score (nSPS) is 12.8. The Kier molecular flexibility index (Phi) is 4.31. The number of hydrogen-bond acceptors (Lipinski definition) is 2. The van der Waals surface area contributed by atoms with Gasteiger partial charge in [-0.15, -0.1) is 11.3 Å². The van der Waals surface area contributed by atoms with Crippen LogP contribution in [0.15, 0.2) is 31.8 Å². The first-order valence-electron chi connectivity index (χ1n) is 4.95. The second-order valence-electron chi connectivity index (χ2n) is 3.77. The van der Waals surface area contributed by atoms with Crippen molar-refractivity contribution < 1.29 is 0 Å². The van der Waals surface area contributed by atoms with Crippen LogP contribution in [0.4, 0.5) is 0 Å². The van der Waals surface area contributed by atoms with E-state index in [4.69, 9.17) is 17.3 Å². The summed E-state index contributed by atoms with van der Waals surface area (Å²) in [6, 6.07) is 7.81. The lowest BCUT2D eigenvalue weighted by Crippen LogP contribution is -2.11. The maximum atomic E-state index is 6.25. The number of halogens is 3. The topological polar surface area (TPSA) is 26.0 Å². The van der Waals surface area contributed by atoms with Gasteiger partial charge < -0.3 is 5.73 Å². The monoisotopic (exact) mass is 393 g/mol. The molecule has 17 heavy (non-hydrogen) atoms. The summed E-state index contributed by atoms with van der Waals surface area (Å²) in [4.78, 5) is 0. The standard InChI is InChI=1S/C12H10Br2ClNS/c1-6-2-3-7(4-9(6)15)11(16)8-5-10(13)17-12(8)14/h2-5,11H,16H2,1H3. The van der Waals surface area contributed by atoms with Crippen LogP contribution in [0, 0.1) is 6.92 Å². The average molecular weight is 396 g/mol. The molecule has 1 atom stereocenters. The van der Waals surface area contributed by atoms with Crippen molar-refractivity contribution in [3.63, 3.8) is 0 Å². The summed E-state index contributed by atoms with van der Waals surface area (Å²) >= 11 is 14.7. The molecule has 0 saturated heterocycles. The number of rotatable bonds is 2. The van der Waals surface area contributed by atoms with Gasteiger partial charge >= 0.3 is 0 Å². The molecule has 1 heterocycles. The summed E-state index contributed by atoms with van der Waals surface area (Å²) in [6.07, 6.45) is 0. The molecule has 2 aromatic rings. The van der Waals surface area contributed by atoms with Crippen molar-refractivity contribution in [3.8, 4) is 0 Å². The van der Waals surface area contributed by atoms with Gasteiger partial charge in [0.1, 0.15) is 0 Å². The first kappa shape index (κ1) is 13.6. The predicted molar refractivity (Wildman–Crippen MR) is 81.9 cm³/mol. The molecular formula is C12H10Br2ClNS. The lowest BCUT2D eigenvalue weighted by molar-refractivity contribution is 0.871. The summed E-state index contributed by atoms with van der Waals surface area (Å²) < 4.78 is 2.11. The molecule has 0 bridgehead atoms. The Morgan fingerprint density at radius 3 is 2.53 bits per heavy atom. The molecule has 0 saturated carbocycles. The third-order valence-corrected chi connectivity index (χ3v) is 5.37. The van der Waals surface area contributed by atoms with Gasteiger partial charge in [-0.25, -0.2) is 0 Å². The molecule has 1 unspecified atom stereocenters. The van der Waals surface area contributed by atoms with Gasteiger partial charge in [-0.2, -0.15) is 0 Å². The van der Waals surface area contributed by atoms with E-state index >= 15 is 0 Å². The molecule has 0 aliphatic heterocycles. The molecule has 1 aromatic carbocycles. The number of thiophene rings is 1. The quantitative estimate of drug-likeness (QED) is 0.735. The van der Waals surface area contributed by atoms with Crippen LogP contribution in [0.1, 0.15) is 22.7 Å². The second kappa shape index (κ2) is 5.41. The number of aryl methyl sites for hydroxylation is 1. The Labute approximate surface area is 126 Å². The molecule has 2 N–H and O–H groups in total. The molecule has 90 valence electrons. The first-order valence-corrected chi connectivity index (χ1v) is 7.73. The van der Waals surface area contributed by atoms with E-state index in [0.717, 1.165) is 29.3 Å². The van der Waals surface area contributed by atoms with E-state index in [2.05, 4.69) is 31.9 Å². The van der Waals surface area contributed by atoms with E-state index in [9.17, 15) is 0 Å². The summed E-state index contributed by atoms with van der Waals surface area (Å²) in [5.41, 5.74) is 9.40. The number of nitrogens with two attached hydrogens (primary N) is 1. The van der Waals surface area contributed by atoms with Crippen LogP contribution >= 0.6 is 54.8 Å². The smallest absolute Gasteiger partial charge is 0.0761 e. The Hall–Kier alpha value is 0.130.